The number of allylic oxidation sites excluding steroid dienone is 4. The summed E-state index contributed by atoms with van der Waals surface area (Å²) in [5, 5.41) is 9.87. The SMILES string of the molecule is C[C@H]1C[C-]=C(C2=C[C@H](C)[C@H](C)C[N-]2)CC1.[2H]C([2H])([2H])C1=NC2OC3=C([C@H]4CC=C5SC[C@@H](C)[C@H]5[N-]4)[CH-]CCC3C2CC1.[Ir]. The molecule has 9 atom stereocenters. The van der Waals surface area contributed by atoms with Crippen LogP contribution in [0, 0.1) is 48.0 Å². The minimum Gasteiger partial charge on any atom is -0.769 e. The maximum Gasteiger partial charge on any atom is 0.171 e. The van der Waals surface area contributed by atoms with E-state index >= 15 is 0 Å². The van der Waals surface area contributed by atoms with Crippen LogP contribution in [0.25, 0.3) is 10.6 Å². The molecule has 2 fully saturated rings. The molecule has 2 aliphatic carbocycles. The van der Waals surface area contributed by atoms with Crippen molar-refractivity contribution in [1.82, 2.24) is 0 Å². The van der Waals surface area contributed by atoms with E-state index in [2.05, 4.69) is 62.7 Å². The van der Waals surface area contributed by atoms with Crippen molar-refractivity contribution in [3.05, 3.63) is 62.8 Å². The van der Waals surface area contributed by atoms with Gasteiger partial charge in [0, 0.05) is 35.8 Å². The Balaban J connectivity index is 0.000000197. The van der Waals surface area contributed by atoms with Gasteiger partial charge in [-0.2, -0.15) is 11.6 Å². The fraction of sp³-hybridized carbons (Fsp3) is 0.706. The molecule has 0 amide bonds. The van der Waals surface area contributed by atoms with Gasteiger partial charge in [-0.05, 0) is 60.3 Å². The number of hydrogen-bond acceptors (Lipinski definition) is 3. The number of thioether (sulfide) groups is 1. The van der Waals surface area contributed by atoms with Crippen LogP contribution < -0.4 is 0 Å². The molecule has 0 bridgehead atoms. The molecule has 0 aromatic rings. The van der Waals surface area contributed by atoms with Crippen molar-refractivity contribution in [2.45, 2.75) is 104 Å². The minimum absolute atomic E-state index is 0. The Morgan fingerprint density at radius 2 is 2.02 bits per heavy atom. The molecule has 0 aromatic heterocycles. The van der Waals surface area contributed by atoms with E-state index in [0.717, 1.165) is 56.1 Å². The van der Waals surface area contributed by atoms with E-state index < -0.39 is 6.85 Å². The molecule has 2 saturated heterocycles. The average molecular weight is 741 g/mol. The van der Waals surface area contributed by atoms with E-state index in [-0.39, 0.29) is 32.4 Å². The van der Waals surface area contributed by atoms with Gasteiger partial charge >= 0.3 is 0 Å². The van der Waals surface area contributed by atoms with Gasteiger partial charge in [-0.3, -0.25) is 11.1 Å². The molecule has 5 aliphatic heterocycles. The van der Waals surface area contributed by atoms with Gasteiger partial charge in [-0.25, -0.2) is 12.0 Å². The summed E-state index contributed by atoms with van der Waals surface area (Å²) < 4.78 is 29.3. The summed E-state index contributed by atoms with van der Waals surface area (Å²) in [6.45, 7) is 8.07. The molecule has 7 rings (SSSR count). The van der Waals surface area contributed by atoms with E-state index in [9.17, 15) is 0 Å². The van der Waals surface area contributed by atoms with Gasteiger partial charge in [0.2, 0.25) is 0 Å². The van der Waals surface area contributed by atoms with Gasteiger partial charge in [0.25, 0.3) is 0 Å². The molecule has 6 heteroatoms. The van der Waals surface area contributed by atoms with Crippen LogP contribution in [-0.4, -0.2) is 36.3 Å². The van der Waals surface area contributed by atoms with Crippen molar-refractivity contribution in [3.63, 3.8) is 0 Å². The van der Waals surface area contributed by atoms with Crippen LogP contribution in [0.5, 0.6) is 0 Å². The summed E-state index contributed by atoms with van der Waals surface area (Å²) in [5.41, 5.74) is 4.21. The maximum atomic E-state index is 7.67. The van der Waals surface area contributed by atoms with Crippen molar-refractivity contribution < 1.29 is 29.0 Å². The third-order valence-electron chi connectivity index (χ3n) is 9.90. The average Bonchev–Trinajstić information content (AvgIpc) is 3.54. The third kappa shape index (κ3) is 6.36. The predicted octanol–water partition coefficient (Wildman–Crippen LogP) is 8.94. The van der Waals surface area contributed by atoms with Crippen LogP contribution in [0.4, 0.5) is 0 Å². The number of fused-ring (bicyclic) bond motifs is 4. The molecular formula is C34H47IrN3OS-4. The van der Waals surface area contributed by atoms with E-state index in [1.807, 2.05) is 11.8 Å². The second-order valence-electron chi connectivity index (χ2n) is 13.0. The van der Waals surface area contributed by atoms with Crippen LogP contribution in [0.15, 0.2) is 44.7 Å². The summed E-state index contributed by atoms with van der Waals surface area (Å²) in [5.74, 6) is 5.73. The Morgan fingerprint density at radius 3 is 2.80 bits per heavy atom. The summed E-state index contributed by atoms with van der Waals surface area (Å²) >= 11 is 1.96. The molecule has 1 radical (unpaired) electrons. The fourth-order valence-electron chi connectivity index (χ4n) is 7.07. The Labute approximate surface area is 265 Å². The molecule has 0 N–H and O–H groups in total. The van der Waals surface area contributed by atoms with Crippen LogP contribution in [0.1, 0.15) is 90.0 Å². The minimum atomic E-state index is -2.10. The van der Waals surface area contributed by atoms with Crippen molar-refractivity contribution in [2.24, 2.45) is 40.5 Å². The topological polar surface area (TPSA) is 49.8 Å². The van der Waals surface area contributed by atoms with Crippen molar-refractivity contribution in [1.29, 1.82) is 0 Å². The molecular weight excluding hydrogens is 691 g/mol. The summed E-state index contributed by atoms with van der Waals surface area (Å²) in [4.78, 5) is 5.97. The van der Waals surface area contributed by atoms with Crippen molar-refractivity contribution in [3.8, 4) is 0 Å². The van der Waals surface area contributed by atoms with E-state index in [0.29, 0.717) is 47.8 Å². The molecule has 7 aliphatic rings. The molecule has 5 heterocycles. The van der Waals surface area contributed by atoms with Gasteiger partial charge in [0.05, 0.1) is 0 Å². The molecule has 0 spiro atoms. The Kier molecular flexibility index (Phi) is 8.76. The van der Waals surface area contributed by atoms with Crippen LogP contribution in [-0.2, 0) is 24.8 Å². The summed E-state index contributed by atoms with van der Waals surface area (Å²) in [7, 11) is 0. The zero-order chi connectivity index (χ0) is 29.6. The molecule has 223 valence electrons. The summed E-state index contributed by atoms with van der Waals surface area (Å²) in [6.07, 6.45) is 18.4. The number of ether oxygens (including phenoxy) is 1. The fourth-order valence-corrected chi connectivity index (χ4v) is 8.39. The van der Waals surface area contributed by atoms with Gasteiger partial charge in [-0.15, -0.1) is 43.2 Å². The number of nitrogens with zero attached hydrogens (tertiary/aromatic N) is 3. The zero-order valence-corrected chi connectivity index (χ0v) is 27.7. The molecule has 4 nitrogen and oxygen atoms in total. The second kappa shape index (κ2) is 13.1. The standard InChI is InChI=1S/C20H26N2OS.C14H21N.Ir/c1-11-10-24-17-9-8-16(22-18(11)17)15-5-3-4-13-14-7-6-12(2)21-20(14)23-19(13)15;1-10-4-6-13(7-5-10)14-8-11(2)12(3)9-15-14;/h5,9,11,13-14,16,18,20H,3-4,6-8,10H2,1-2H3;8,10-12H,4-6,9H2,1-3H3;/q2*-2;/t11-,13?,14?,16-,18-,20?;10-,11+,12-;/m11./s1/i2D3;;. The quantitative estimate of drug-likeness (QED) is 0.266. The largest absolute Gasteiger partial charge is 0.769 e. The summed E-state index contributed by atoms with van der Waals surface area (Å²) in [6, 6.07) is 0.531. The third-order valence-corrected chi connectivity index (χ3v) is 11.3. The smallest absolute Gasteiger partial charge is 0.171 e. The van der Waals surface area contributed by atoms with Crippen LogP contribution >= 0.6 is 11.8 Å². The van der Waals surface area contributed by atoms with Crippen LogP contribution in [0.2, 0.25) is 0 Å². The van der Waals surface area contributed by atoms with Crippen molar-refractivity contribution >= 4 is 17.5 Å². The zero-order valence-electron chi connectivity index (χ0n) is 27.5. The predicted molar refractivity (Wildman–Crippen MR) is 164 cm³/mol. The molecule has 0 aromatic carbocycles. The normalized spacial score (nSPS) is 41.5. The Morgan fingerprint density at radius 1 is 1.15 bits per heavy atom. The first kappa shape index (κ1) is 26.7. The van der Waals surface area contributed by atoms with Gasteiger partial charge in [0.1, 0.15) is 0 Å². The maximum absolute atomic E-state index is 7.67. The second-order valence-corrected chi connectivity index (χ2v) is 14.1. The van der Waals surface area contributed by atoms with E-state index in [1.165, 1.54) is 34.6 Å². The Hall–Kier alpha value is -0.941. The molecule has 40 heavy (non-hydrogen) atoms. The van der Waals surface area contributed by atoms with Gasteiger partial charge in [0.15, 0.2) is 6.23 Å². The van der Waals surface area contributed by atoms with Crippen LogP contribution in [0.3, 0.4) is 0 Å². The number of rotatable bonds is 2. The molecule has 3 unspecified atom stereocenters. The first-order valence-corrected chi connectivity index (χ1v) is 16.4. The van der Waals surface area contributed by atoms with Gasteiger partial charge < -0.3 is 21.1 Å². The first-order chi connectivity index (χ1) is 20.1. The van der Waals surface area contributed by atoms with Gasteiger partial charge in [-0.1, -0.05) is 64.9 Å². The molecule has 0 saturated carbocycles. The number of aliphatic imine (C=N–C) groups is 1. The van der Waals surface area contributed by atoms with E-state index in [4.69, 9.17) is 14.2 Å². The Bertz CT molecular complexity index is 1190. The monoisotopic (exact) mass is 741 g/mol. The van der Waals surface area contributed by atoms with Crippen molar-refractivity contribution in [2.75, 3.05) is 12.3 Å². The first-order valence-electron chi connectivity index (χ1n) is 16.9. The van der Waals surface area contributed by atoms with E-state index in [1.54, 1.807) is 0 Å². The number of hydrogen-bond donors (Lipinski definition) is 0.